The molecule has 1 aromatic rings. The molecule has 0 saturated carbocycles. The van der Waals surface area contributed by atoms with Gasteiger partial charge in [0.05, 0.1) is 10.7 Å². The van der Waals surface area contributed by atoms with Crippen LogP contribution in [0.1, 0.15) is 45.6 Å². The second-order valence-electron chi connectivity index (χ2n) is 7.80. The third-order valence-corrected chi connectivity index (χ3v) is 5.50. The summed E-state index contributed by atoms with van der Waals surface area (Å²) >= 11 is 6.14. The normalized spacial score (nSPS) is 18.6. The minimum atomic E-state index is 0.0789. The topological polar surface area (TPSA) is 46.3 Å². The van der Waals surface area contributed by atoms with Crippen molar-refractivity contribution in [3.63, 3.8) is 0 Å². The van der Waals surface area contributed by atoms with Gasteiger partial charge in [0.2, 0.25) is 5.91 Å². The number of halogens is 1. The fraction of sp³-hybridized carbons (Fsp3) is 0.571. The molecule has 4 heteroatoms. The molecular weight excluding hydrogens is 332 g/mol. The molecule has 1 aromatic carbocycles. The smallest absolute Gasteiger partial charge is 0.225 e. The number of rotatable bonds is 7. The van der Waals surface area contributed by atoms with E-state index in [0.717, 1.165) is 38.8 Å². The molecule has 138 valence electrons. The van der Waals surface area contributed by atoms with E-state index >= 15 is 0 Å². The summed E-state index contributed by atoms with van der Waals surface area (Å²) in [4.78, 5) is 14.3. The summed E-state index contributed by atoms with van der Waals surface area (Å²) < 4.78 is 0. The van der Waals surface area contributed by atoms with Crippen LogP contribution < -0.4 is 5.73 Å². The molecular formula is C21H31ClN2O. The van der Waals surface area contributed by atoms with Crippen LogP contribution in [-0.4, -0.2) is 23.9 Å². The fourth-order valence-electron chi connectivity index (χ4n) is 3.77. The number of carbonyl (C=O) groups is 1. The Labute approximate surface area is 157 Å². The molecule has 1 aliphatic heterocycles. The number of nitrogen functional groups attached to an aromatic ring is 1. The second-order valence-corrected chi connectivity index (χ2v) is 8.21. The van der Waals surface area contributed by atoms with Crippen molar-refractivity contribution in [1.82, 2.24) is 4.90 Å². The van der Waals surface area contributed by atoms with E-state index in [4.69, 9.17) is 17.3 Å². The quantitative estimate of drug-likeness (QED) is 0.551. The van der Waals surface area contributed by atoms with Crippen molar-refractivity contribution in [2.45, 2.75) is 46.5 Å². The predicted molar refractivity (Wildman–Crippen MR) is 107 cm³/mol. The summed E-state index contributed by atoms with van der Waals surface area (Å²) in [7, 11) is 0. The Bertz CT molecular complexity index is 626. The average Bonchev–Trinajstić information content (AvgIpc) is 3.03. The van der Waals surface area contributed by atoms with Gasteiger partial charge in [0.25, 0.3) is 0 Å². The molecule has 1 fully saturated rings. The molecule has 1 amide bonds. The van der Waals surface area contributed by atoms with Crippen LogP contribution >= 0.6 is 11.6 Å². The van der Waals surface area contributed by atoms with Gasteiger partial charge in [-0.25, -0.2) is 0 Å². The summed E-state index contributed by atoms with van der Waals surface area (Å²) in [6.45, 7) is 11.9. The number of carbonyl (C=O) groups excluding carboxylic acids is 1. The minimum Gasteiger partial charge on any atom is -0.398 e. The molecule has 0 aromatic heterocycles. The van der Waals surface area contributed by atoms with Crippen LogP contribution in [0.25, 0.3) is 0 Å². The molecule has 1 heterocycles. The summed E-state index contributed by atoms with van der Waals surface area (Å²) in [5, 5.41) is 0.628. The van der Waals surface area contributed by atoms with Crippen molar-refractivity contribution in [3.05, 3.63) is 40.9 Å². The molecule has 25 heavy (non-hydrogen) atoms. The third-order valence-electron chi connectivity index (χ3n) is 5.18. The van der Waals surface area contributed by atoms with Crippen LogP contribution in [0.3, 0.4) is 0 Å². The molecule has 1 saturated heterocycles. The Hall–Kier alpha value is -1.48. The van der Waals surface area contributed by atoms with Crippen molar-refractivity contribution >= 4 is 23.2 Å². The van der Waals surface area contributed by atoms with E-state index in [2.05, 4.69) is 19.6 Å². The number of aryl methyl sites for hydroxylation is 1. The fourth-order valence-corrected chi connectivity index (χ4v) is 3.97. The van der Waals surface area contributed by atoms with Gasteiger partial charge in [-0.3, -0.25) is 4.79 Å². The standard InChI is InChI=1S/C21H31ClN2O/c1-14(2)11-17(7-5-16-6-8-20(23)19(22)12-16)18-9-10-24(13-18)21(25)15(3)4/h6,8,12,15,17-18H,1,5,7,9-11,13,23H2,2-4H3/t17?,18-/m0/s1. The lowest BCUT2D eigenvalue weighted by Gasteiger charge is -2.25. The zero-order valence-corrected chi connectivity index (χ0v) is 16.5. The summed E-state index contributed by atoms with van der Waals surface area (Å²) in [5.41, 5.74) is 8.86. The molecule has 0 spiro atoms. The number of nitrogens with two attached hydrogens (primary N) is 1. The van der Waals surface area contributed by atoms with Crippen molar-refractivity contribution < 1.29 is 4.79 Å². The lowest BCUT2D eigenvalue weighted by Crippen LogP contribution is -2.33. The second kappa shape index (κ2) is 8.75. The van der Waals surface area contributed by atoms with Crippen LogP contribution in [-0.2, 0) is 11.2 Å². The largest absolute Gasteiger partial charge is 0.398 e. The van der Waals surface area contributed by atoms with Crippen molar-refractivity contribution in [3.8, 4) is 0 Å². The first-order chi connectivity index (χ1) is 11.8. The zero-order valence-electron chi connectivity index (χ0n) is 15.7. The first-order valence-electron chi connectivity index (χ1n) is 9.25. The number of hydrogen-bond donors (Lipinski definition) is 1. The summed E-state index contributed by atoms with van der Waals surface area (Å²) in [6.07, 6.45) is 4.18. The lowest BCUT2D eigenvalue weighted by molar-refractivity contribution is -0.133. The van der Waals surface area contributed by atoms with E-state index in [1.54, 1.807) is 0 Å². The summed E-state index contributed by atoms with van der Waals surface area (Å²) in [5.74, 6) is 1.47. The highest BCUT2D eigenvalue weighted by atomic mass is 35.5. The number of likely N-dealkylation sites (tertiary alicyclic amines) is 1. The summed E-state index contributed by atoms with van der Waals surface area (Å²) in [6, 6.07) is 5.91. The first kappa shape index (κ1) is 19.8. The highest BCUT2D eigenvalue weighted by Gasteiger charge is 2.32. The number of nitrogens with zero attached hydrogens (tertiary/aromatic N) is 1. The van der Waals surface area contributed by atoms with Crippen LogP contribution in [0, 0.1) is 17.8 Å². The molecule has 2 N–H and O–H groups in total. The zero-order chi connectivity index (χ0) is 18.6. The Balaban J connectivity index is 2.00. The molecule has 1 unspecified atom stereocenters. The van der Waals surface area contributed by atoms with Gasteiger partial charge < -0.3 is 10.6 Å². The van der Waals surface area contributed by atoms with Gasteiger partial charge in [-0.05, 0) is 62.1 Å². The van der Waals surface area contributed by atoms with Gasteiger partial charge in [0.1, 0.15) is 0 Å². The maximum atomic E-state index is 12.3. The Morgan fingerprint density at radius 3 is 2.76 bits per heavy atom. The van der Waals surface area contributed by atoms with Crippen molar-refractivity contribution in [2.24, 2.45) is 17.8 Å². The Morgan fingerprint density at radius 1 is 1.44 bits per heavy atom. The minimum absolute atomic E-state index is 0.0789. The van der Waals surface area contributed by atoms with E-state index in [0.29, 0.717) is 22.5 Å². The van der Waals surface area contributed by atoms with Gasteiger partial charge in [-0.1, -0.05) is 37.1 Å². The maximum Gasteiger partial charge on any atom is 0.225 e. The third kappa shape index (κ3) is 5.50. The average molecular weight is 363 g/mol. The van der Waals surface area contributed by atoms with Gasteiger partial charge in [-0.15, -0.1) is 6.58 Å². The molecule has 0 bridgehead atoms. The van der Waals surface area contributed by atoms with Gasteiger partial charge in [0, 0.05) is 19.0 Å². The number of amides is 1. The molecule has 2 rings (SSSR count). The maximum absolute atomic E-state index is 12.3. The van der Waals surface area contributed by atoms with Crippen LogP contribution in [0.4, 0.5) is 5.69 Å². The van der Waals surface area contributed by atoms with Crippen LogP contribution in [0.5, 0.6) is 0 Å². The molecule has 1 aliphatic rings. The highest BCUT2D eigenvalue weighted by Crippen LogP contribution is 2.33. The van der Waals surface area contributed by atoms with Crippen molar-refractivity contribution in [2.75, 3.05) is 18.8 Å². The predicted octanol–water partition coefficient (Wildman–Crippen LogP) is 4.94. The molecule has 3 nitrogen and oxygen atoms in total. The number of anilines is 1. The van der Waals surface area contributed by atoms with Gasteiger partial charge in [0.15, 0.2) is 0 Å². The Morgan fingerprint density at radius 2 is 2.16 bits per heavy atom. The Kier molecular flexibility index (Phi) is 6.95. The monoisotopic (exact) mass is 362 g/mol. The van der Waals surface area contributed by atoms with Crippen LogP contribution in [0.15, 0.2) is 30.4 Å². The molecule has 2 atom stereocenters. The van der Waals surface area contributed by atoms with Crippen LogP contribution in [0.2, 0.25) is 5.02 Å². The van der Waals surface area contributed by atoms with E-state index in [1.807, 2.05) is 30.9 Å². The van der Waals surface area contributed by atoms with E-state index in [9.17, 15) is 4.79 Å². The molecule has 0 radical (unpaired) electrons. The lowest BCUT2D eigenvalue weighted by atomic mass is 9.82. The van der Waals surface area contributed by atoms with E-state index in [-0.39, 0.29) is 11.8 Å². The number of allylic oxidation sites excluding steroid dienone is 1. The van der Waals surface area contributed by atoms with E-state index < -0.39 is 0 Å². The van der Waals surface area contributed by atoms with E-state index in [1.165, 1.54) is 11.1 Å². The number of hydrogen-bond acceptors (Lipinski definition) is 2. The van der Waals surface area contributed by atoms with Gasteiger partial charge >= 0.3 is 0 Å². The highest BCUT2D eigenvalue weighted by molar-refractivity contribution is 6.33. The molecule has 0 aliphatic carbocycles. The SMILES string of the molecule is C=C(C)CC(CCc1ccc(N)c(Cl)c1)[C@H]1CCN(C(=O)C(C)C)C1. The number of benzene rings is 1. The van der Waals surface area contributed by atoms with Gasteiger partial charge in [-0.2, -0.15) is 0 Å². The van der Waals surface area contributed by atoms with Crippen molar-refractivity contribution in [1.29, 1.82) is 0 Å². The first-order valence-corrected chi connectivity index (χ1v) is 9.62.